The Morgan fingerprint density at radius 1 is 0.735 bits per heavy atom. The quantitative estimate of drug-likeness (QED) is 0.0577. The van der Waals surface area contributed by atoms with Crippen molar-refractivity contribution >= 4 is 35.6 Å². The summed E-state index contributed by atoms with van der Waals surface area (Å²) in [6.07, 6.45) is 6.77. The third kappa shape index (κ3) is 18.7. The molecule has 0 aliphatic heterocycles. The zero-order valence-electron chi connectivity index (χ0n) is 41.2. The van der Waals surface area contributed by atoms with Crippen molar-refractivity contribution in [2.75, 3.05) is 33.3 Å². The van der Waals surface area contributed by atoms with Crippen LogP contribution in [0.25, 0.3) is 0 Å². The van der Waals surface area contributed by atoms with E-state index in [-0.39, 0.29) is 50.0 Å². The van der Waals surface area contributed by atoms with Crippen molar-refractivity contribution in [2.45, 2.75) is 136 Å². The maximum atomic E-state index is 14.6. The standard InChI is InChI=1S/C53H77N7O8/c1-7-8-18-40-25-27-41(28-26-40)33-60(30-29-55-49(62)38(4)34-67-35-42-19-12-9-13-20-42)39(5)52(65)59(6)46(31-37(2)3)50(63)58-47(44-23-16-11-17-24-44)51(64)57-45(48(54)61)32-56-53(66)68-36-43-21-14-10-15-22-43/h9-10,12-15,19-22,25-28,37-39,44-47H,7-8,11,16-18,23-24,29-36H2,1-6H3,(H2,54,61)(H,55,62)(H,56,66)(H,57,64)(H,58,63)/t38-,39-,45-,46-,47-/m0/s1. The number of nitrogens with zero attached hydrogens (tertiary/aromatic N) is 2. The van der Waals surface area contributed by atoms with Crippen molar-refractivity contribution in [1.82, 2.24) is 31.1 Å². The van der Waals surface area contributed by atoms with Gasteiger partial charge in [-0.3, -0.25) is 28.9 Å². The number of rotatable bonds is 28. The first kappa shape index (κ1) is 54.8. The molecule has 1 aliphatic carbocycles. The summed E-state index contributed by atoms with van der Waals surface area (Å²) in [6.45, 7) is 11.1. The number of ether oxygens (including phenoxy) is 2. The molecule has 5 atom stereocenters. The van der Waals surface area contributed by atoms with E-state index < -0.39 is 53.9 Å². The SMILES string of the molecule is CCCCc1ccc(CN(CCNC(=O)[C@@H](C)COCc2ccccc2)[C@@H](C)C(=O)N(C)[C@@H](CC(C)C)C(=O)N[C@H](C(=O)N[C@@H](CNC(=O)OCc2ccccc2)C(N)=O)C2CCCCC2)cc1. The van der Waals surface area contributed by atoms with E-state index >= 15 is 0 Å². The Morgan fingerprint density at radius 2 is 1.35 bits per heavy atom. The molecule has 3 aromatic carbocycles. The fourth-order valence-corrected chi connectivity index (χ4v) is 8.39. The van der Waals surface area contributed by atoms with Crippen LogP contribution in [-0.4, -0.2) is 103 Å². The van der Waals surface area contributed by atoms with Gasteiger partial charge in [-0.25, -0.2) is 4.79 Å². The van der Waals surface area contributed by atoms with E-state index in [9.17, 15) is 28.8 Å². The van der Waals surface area contributed by atoms with Crippen LogP contribution < -0.4 is 27.0 Å². The Labute approximate surface area is 404 Å². The van der Waals surface area contributed by atoms with E-state index in [0.717, 1.165) is 55.2 Å². The minimum atomic E-state index is -1.29. The molecule has 3 aromatic rings. The number of nitrogens with one attached hydrogen (secondary N) is 4. The molecular formula is C53H77N7O8. The average molecular weight is 940 g/mol. The van der Waals surface area contributed by atoms with Crippen molar-refractivity contribution in [3.8, 4) is 0 Å². The van der Waals surface area contributed by atoms with E-state index in [4.69, 9.17) is 15.2 Å². The smallest absolute Gasteiger partial charge is 0.407 e. The summed E-state index contributed by atoms with van der Waals surface area (Å²) in [4.78, 5) is 85.1. The second-order valence-corrected chi connectivity index (χ2v) is 18.6. The zero-order chi connectivity index (χ0) is 49.4. The first-order chi connectivity index (χ1) is 32.7. The third-order valence-electron chi connectivity index (χ3n) is 12.6. The van der Waals surface area contributed by atoms with E-state index in [1.54, 1.807) is 19.2 Å². The van der Waals surface area contributed by atoms with Gasteiger partial charge in [-0.1, -0.05) is 138 Å². The fraction of sp³-hybridized carbons (Fsp3) is 0.547. The maximum absolute atomic E-state index is 14.6. The summed E-state index contributed by atoms with van der Waals surface area (Å²) >= 11 is 0. The molecule has 6 N–H and O–H groups in total. The molecule has 15 heteroatoms. The minimum Gasteiger partial charge on any atom is -0.445 e. The molecule has 0 unspecified atom stereocenters. The molecule has 0 bridgehead atoms. The van der Waals surface area contributed by atoms with Crippen LogP contribution in [0.3, 0.4) is 0 Å². The van der Waals surface area contributed by atoms with Gasteiger partial charge in [0.15, 0.2) is 0 Å². The monoisotopic (exact) mass is 940 g/mol. The molecule has 4 rings (SSSR count). The van der Waals surface area contributed by atoms with Crippen LogP contribution in [0.1, 0.15) is 108 Å². The highest BCUT2D eigenvalue weighted by Gasteiger charge is 2.38. The summed E-state index contributed by atoms with van der Waals surface area (Å²) < 4.78 is 11.1. The normalized spacial score (nSPS) is 15.1. The average Bonchev–Trinajstić information content (AvgIpc) is 3.34. The van der Waals surface area contributed by atoms with Crippen molar-refractivity contribution < 1.29 is 38.2 Å². The molecule has 1 fully saturated rings. The number of carbonyl (C=O) groups excluding carboxylic acids is 6. The number of benzene rings is 3. The Bertz CT molecular complexity index is 2010. The van der Waals surface area contributed by atoms with Crippen molar-refractivity contribution in [3.05, 3.63) is 107 Å². The van der Waals surface area contributed by atoms with Gasteiger partial charge in [0, 0.05) is 26.7 Å². The molecule has 372 valence electrons. The second-order valence-electron chi connectivity index (χ2n) is 18.6. The Balaban J connectivity index is 1.46. The Morgan fingerprint density at radius 3 is 1.96 bits per heavy atom. The number of alkyl carbamates (subject to hydrolysis) is 1. The zero-order valence-corrected chi connectivity index (χ0v) is 41.2. The molecular weight excluding hydrogens is 863 g/mol. The molecule has 0 aromatic heterocycles. The molecule has 0 radical (unpaired) electrons. The first-order valence-corrected chi connectivity index (χ1v) is 24.5. The van der Waals surface area contributed by atoms with Gasteiger partial charge >= 0.3 is 6.09 Å². The Hall–Kier alpha value is -5.80. The molecule has 0 saturated heterocycles. The lowest BCUT2D eigenvalue weighted by Gasteiger charge is -2.37. The lowest BCUT2D eigenvalue weighted by atomic mass is 9.83. The van der Waals surface area contributed by atoms with Crippen LogP contribution in [0.4, 0.5) is 4.79 Å². The van der Waals surface area contributed by atoms with Crippen LogP contribution in [-0.2, 0) is 59.6 Å². The lowest BCUT2D eigenvalue weighted by molar-refractivity contribution is -0.144. The highest BCUT2D eigenvalue weighted by atomic mass is 16.5. The number of hydrogen-bond donors (Lipinski definition) is 5. The third-order valence-corrected chi connectivity index (χ3v) is 12.6. The highest BCUT2D eigenvalue weighted by Crippen LogP contribution is 2.27. The van der Waals surface area contributed by atoms with Crippen molar-refractivity contribution in [3.63, 3.8) is 0 Å². The maximum Gasteiger partial charge on any atom is 0.407 e. The lowest BCUT2D eigenvalue weighted by Crippen LogP contribution is -2.61. The van der Waals surface area contributed by atoms with Crippen molar-refractivity contribution in [2.24, 2.45) is 23.5 Å². The summed E-state index contributed by atoms with van der Waals surface area (Å²) in [5.41, 5.74) is 9.76. The number of carbonyl (C=O) groups is 6. The van der Waals surface area contributed by atoms with Crippen LogP contribution in [0, 0.1) is 17.8 Å². The number of aryl methyl sites for hydroxylation is 1. The number of amides is 6. The predicted molar refractivity (Wildman–Crippen MR) is 263 cm³/mol. The highest BCUT2D eigenvalue weighted by molar-refractivity contribution is 5.95. The van der Waals surface area contributed by atoms with Crippen LogP contribution in [0.15, 0.2) is 84.9 Å². The van der Waals surface area contributed by atoms with Gasteiger partial charge in [0.05, 0.1) is 31.7 Å². The molecule has 68 heavy (non-hydrogen) atoms. The number of primary amides is 1. The number of nitrogens with two attached hydrogens (primary N) is 1. The van der Waals surface area contributed by atoms with Crippen LogP contribution in [0.2, 0.25) is 0 Å². The van der Waals surface area contributed by atoms with Gasteiger partial charge in [0.25, 0.3) is 0 Å². The molecule has 1 aliphatic rings. The molecule has 0 heterocycles. The van der Waals surface area contributed by atoms with E-state index in [1.165, 1.54) is 10.5 Å². The first-order valence-electron chi connectivity index (χ1n) is 24.5. The van der Waals surface area contributed by atoms with Gasteiger partial charge in [-0.2, -0.15) is 0 Å². The van der Waals surface area contributed by atoms with E-state index in [1.807, 2.05) is 81.1 Å². The summed E-state index contributed by atoms with van der Waals surface area (Å²) in [6, 6.07) is 23.3. The molecule has 0 spiro atoms. The van der Waals surface area contributed by atoms with Gasteiger partial charge < -0.3 is 41.4 Å². The largest absolute Gasteiger partial charge is 0.445 e. The second kappa shape index (κ2) is 29.2. The van der Waals surface area contributed by atoms with Gasteiger partial charge in [-0.15, -0.1) is 0 Å². The van der Waals surface area contributed by atoms with Gasteiger partial charge in [0.2, 0.25) is 29.5 Å². The molecule has 1 saturated carbocycles. The summed E-state index contributed by atoms with van der Waals surface area (Å²) in [5.74, 6) is -3.04. The summed E-state index contributed by atoms with van der Waals surface area (Å²) in [7, 11) is 1.62. The molecule has 6 amide bonds. The van der Waals surface area contributed by atoms with E-state index in [2.05, 4.69) is 52.5 Å². The van der Waals surface area contributed by atoms with Crippen LogP contribution in [0.5, 0.6) is 0 Å². The minimum absolute atomic E-state index is 0.00132. The van der Waals surface area contributed by atoms with Gasteiger partial charge in [0.1, 0.15) is 24.7 Å². The topological polar surface area (TPSA) is 202 Å². The Kier molecular flexibility index (Phi) is 23.5. The summed E-state index contributed by atoms with van der Waals surface area (Å²) in [5, 5.41) is 11.2. The number of likely N-dealkylation sites (N-methyl/N-ethyl adjacent to an activating group) is 1. The van der Waals surface area contributed by atoms with Gasteiger partial charge in [-0.05, 0) is 73.1 Å². The van der Waals surface area contributed by atoms with Crippen molar-refractivity contribution in [1.29, 1.82) is 0 Å². The number of unbranched alkanes of at least 4 members (excludes halogenated alkanes) is 1. The predicted octanol–water partition coefficient (Wildman–Crippen LogP) is 6.02. The fourth-order valence-electron chi connectivity index (χ4n) is 8.39. The van der Waals surface area contributed by atoms with Crippen LogP contribution >= 0.6 is 0 Å². The number of hydrogen-bond acceptors (Lipinski definition) is 9. The van der Waals surface area contributed by atoms with E-state index in [0.29, 0.717) is 39.0 Å². The molecule has 15 nitrogen and oxygen atoms in total.